The predicted molar refractivity (Wildman–Crippen MR) is 108 cm³/mol. The van der Waals surface area contributed by atoms with Gasteiger partial charge < -0.3 is 10.6 Å². The highest BCUT2D eigenvalue weighted by atomic mass is 35.5. The van der Waals surface area contributed by atoms with E-state index in [1.807, 2.05) is 0 Å². The average molecular weight is 434 g/mol. The summed E-state index contributed by atoms with van der Waals surface area (Å²) in [5, 5.41) is 5.48. The summed E-state index contributed by atoms with van der Waals surface area (Å²) < 4.78 is 38.2. The van der Waals surface area contributed by atoms with Gasteiger partial charge in [0.1, 0.15) is 5.69 Å². The Morgan fingerprint density at radius 3 is 2.30 bits per heavy atom. The van der Waals surface area contributed by atoms with Gasteiger partial charge in [0.25, 0.3) is 11.8 Å². The van der Waals surface area contributed by atoms with E-state index in [1.54, 1.807) is 30.3 Å². The number of aromatic nitrogens is 1. The molecule has 5 nitrogen and oxygen atoms in total. The van der Waals surface area contributed by atoms with Crippen LogP contribution < -0.4 is 10.6 Å². The Kier molecular flexibility index (Phi) is 6.07. The number of nitrogens with zero attached hydrogens (tertiary/aromatic N) is 1. The fourth-order valence-corrected chi connectivity index (χ4v) is 2.79. The summed E-state index contributed by atoms with van der Waals surface area (Å²) in [4.78, 5) is 28.1. The van der Waals surface area contributed by atoms with E-state index in [9.17, 15) is 22.8 Å². The number of benzene rings is 2. The van der Waals surface area contributed by atoms with E-state index in [2.05, 4.69) is 15.6 Å². The molecule has 0 spiro atoms. The third kappa shape index (κ3) is 4.96. The minimum absolute atomic E-state index is 0.00665. The monoisotopic (exact) mass is 433 g/mol. The zero-order chi connectivity index (χ0) is 21.9. The fraction of sp³-hybridized carbons (Fsp3) is 0.0952. The minimum atomic E-state index is -4.60. The van der Waals surface area contributed by atoms with Crippen molar-refractivity contribution in [2.75, 3.05) is 10.6 Å². The third-order valence-corrected chi connectivity index (χ3v) is 4.48. The van der Waals surface area contributed by atoms with Gasteiger partial charge in [-0.2, -0.15) is 13.2 Å². The van der Waals surface area contributed by atoms with Crippen molar-refractivity contribution in [2.24, 2.45) is 0 Å². The maximum absolute atomic E-state index is 12.7. The number of aryl methyl sites for hydroxylation is 1. The van der Waals surface area contributed by atoms with Crippen molar-refractivity contribution in [2.45, 2.75) is 13.1 Å². The van der Waals surface area contributed by atoms with Crippen molar-refractivity contribution in [1.29, 1.82) is 0 Å². The van der Waals surface area contributed by atoms with Crippen LogP contribution in [0, 0.1) is 6.92 Å². The molecule has 0 aliphatic heterocycles. The first kappa shape index (κ1) is 21.3. The largest absolute Gasteiger partial charge is 0.433 e. The first-order valence-electron chi connectivity index (χ1n) is 8.66. The lowest BCUT2D eigenvalue weighted by Crippen LogP contribution is -2.17. The lowest BCUT2D eigenvalue weighted by molar-refractivity contribution is -0.141. The highest BCUT2D eigenvalue weighted by Gasteiger charge is 2.33. The molecule has 1 heterocycles. The molecular weight excluding hydrogens is 419 g/mol. The predicted octanol–water partition coefficient (Wildman–Crippen LogP) is 5.57. The van der Waals surface area contributed by atoms with Gasteiger partial charge in [0.15, 0.2) is 0 Å². The van der Waals surface area contributed by atoms with E-state index < -0.39 is 17.8 Å². The van der Waals surface area contributed by atoms with Gasteiger partial charge in [-0.05, 0) is 48.9 Å². The summed E-state index contributed by atoms with van der Waals surface area (Å²) in [6.45, 7) is 1.39. The zero-order valence-corrected chi connectivity index (χ0v) is 16.3. The van der Waals surface area contributed by atoms with Gasteiger partial charge in [-0.15, -0.1) is 0 Å². The maximum Gasteiger partial charge on any atom is 0.433 e. The Balaban J connectivity index is 1.78. The second-order valence-corrected chi connectivity index (χ2v) is 6.76. The molecule has 154 valence electrons. The lowest BCUT2D eigenvalue weighted by atomic mass is 10.1. The van der Waals surface area contributed by atoms with Gasteiger partial charge >= 0.3 is 6.18 Å². The second kappa shape index (κ2) is 8.54. The van der Waals surface area contributed by atoms with Crippen LogP contribution >= 0.6 is 11.6 Å². The summed E-state index contributed by atoms with van der Waals surface area (Å²) in [5.74, 6) is -1.03. The molecule has 0 fully saturated rings. The number of pyridine rings is 1. The number of hydrogen-bond donors (Lipinski definition) is 2. The van der Waals surface area contributed by atoms with Gasteiger partial charge in [-0.25, -0.2) is 0 Å². The number of hydrogen-bond acceptors (Lipinski definition) is 3. The molecule has 3 aromatic rings. The molecular formula is C21H15ClF3N3O2. The number of amides is 2. The molecule has 0 atom stereocenters. The summed E-state index contributed by atoms with van der Waals surface area (Å²) in [7, 11) is 0. The number of alkyl halides is 3. The summed E-state index contributed by atoms with van der Waals surface area (Å²) >= 11 is 6.12. The van der Waals surface area contributed by atoms with E-state index in [0.29, 0.717) is 11.3 Å². The summed E-state index contributed by atoms with van der Waals surface area (Å²) in [5.41, 5.74) is 0.0373. The standard InChI is InChI=1S/C21H15ClF3N3O2/c1-12-9-18(21(23,24)25)26-11-15(12)20(30)27-14-7-8-16(22)17(10-14)28-19(29)13-5-3-2-4-6-13/h2-11H,1H3,(H,27,30)(H,28,29). The molecule has 1 aromatic heterocycles. The van der Waals surface area contributed by atoms with E-state index in [-0.39, 0.29) is 27.7 Å². The fourth-order valence-electron chi connectivity index (χ4n) is 2.63. The normalized spacial score (nSPS) is 11.1. The topological polar surface area (TPSA) is 71.1 Å². The SMILES string of the molecule is Cc1cc(C(F)(F)F)ncc1C(=O)Nc1ccc(Cl)c(NC(=O)c2ccccc2)c1. The maximum atomic E-state index is 12.7. The van der Waals surface area contributed by atoms with E-state index in [1.165, 1.54) is 25.1 Å². The number of carbonyl (C=O) groups is 2. The van der Waals surface area contributed by atoms with Crippen molar-refractivity contribution in [1.82, 2.24) is 4.98 Å². The van der Waals surface area contributed by atoms with Gasteiger partial charge in [0.2, 0.25) is 0 Å². The smallest absolute Gasteiger partial charge is 0.322 e. The van der Waals surface area contributed by atoms with Crippen LogP contribution in [-0.2, 0) is 6.18 Å². The first-order valence-corrected chi connectivity index (χ1v) is 9.04. The van der Waals surface area contributed by atoms with Gasteiger partial charge in [0.05, 0.1) is 16.3 Å². The molecule has 30 heavy (non-hydrogen) atoms. The van der Waals surface area contributed by atoms with E-state index >= 15 is 0 Å². The molecule has 0 bridgehead atoms. The van der Waals surface area contributed by atoms with Crippen LogP contribution in [0.15, 0.2) is 60.8 Å². The Morgan fingerprint density at radius 1 is 0.967 bits per heavy atom. The molecule has 9 heteroatoms. The van der Waals surface area contributed by atoms with Crippen molar-refractivity contribution in [3.63, 3.8) is 0 Å². The number of halogens is 4. The second-order valence-electron chi connectivity index (χ2n) is 6.35. The Labute approximate surface area is 174 Å². The quantitative estimate of drug-likeness (QED) is 0.565. The van der Waals surface area contributed by atoms with Crippen molar-refractivity contribution >= 4 is 34.8 Å². The van der Waals surface area contributed by atoms with Crippen LogP contribution in [0.2, 0.25) is 5.02 Å². The Bertz CT molecular complexity index is 1100. The minimum Gasteiger partial charge on any atom is -0.322 e. The highest BCUT2D eigenvalue weighted by molar-refractivity contribution is 6.34. The first-order chi connectivity index (χ1) is 14.1. The highest BCUT2D eigenvalue weighted by Crippen LogP contribution is 2.29. The van der Waals surface area contributed by atoms with E-state index in [0.717, 1.165) is 12.3 Å². The lowest BCUT2D eigenvalue weighted by Gasteiger charge is -2.12. The Morgan fingerprint density at radius 2 is 1.67 bits per heavy atom. The van der Waals surface area contributed by atoms with Crippen LogP contribution in [-0.4, -0.2) is 16.8 Å². The molecule has 0 saturated carbocycles. The van der Waals surface area contributed by atoms with Gasteiger partial charge in [0, 0.05) is 17.4 Å². The van der Waals surface area contributed by atoms with Crippen LogP contribution in [0.1, 0.15) is 32.0 Å². The van der Waals surface area contributed by atoms with Crippen LogP contribution in [0.5, 0.6) is 0 Å². The molecule has 0 radical (unpaired) electrons. The zero-order valence-electron chi connectivity index (χ0n) is 15.5. The molecule has 2 amide bonds. The summed E-state index contributed by atoms with van der Waals surface area (Å²) in [6.07, 6.45) is -3.72. The molecule has 0 saturated heterocycles. The average Bonchev–Trinajstić information content (AvgIpc) is 2.70. The number of anilines is 2. The van der Waals surface area contributed by atoms with Crippen molar-refractivity contribution in [3.8, 4) is 0 Å². The third-order valence-electron chi connectivity index (χ3n) is 4.15. The number of carbonyl (C=O) groups excluding carboxylic acids is 2. The summed E-state index contributed by atoms with van der Waals surface area (Å²) in [6, 6.07) is 13.7. The molecule has 2 N–H and O–H groups in total. The number of rotatable bonds is 4. The van der Waals surface area contributed by atoms with Crippen molar-refractivity contribution < 1.29 is 22.8 Å². The van der Waals surface area contributed by atoms with Crippen molar-refractivity contribution in [3.05, 3.63) is 88.2 Å². The Hall–Kier alpha value is -3.39. The van der Waals surface area contributed by atoms with Gasteiger partial charge in [-0.3, -0.25) is 14.6 Å². The van der Waals surface area contributed by atoms with E-state index in [4.69, 9.17) is 11.6 Å². The molecule has 0 aliphatic carbocycles. The molecule has 0 aliphatic rings. The number of nitrogens with one attached hydrogen (secondary N) is 2. The molecule has 0 unspecified atom stereocenters. The molecule has 2 aromatic carbocycles. The molecule has 3 rings (SSSR count). The van der Waals surface area contributed by atoms with Gasteiger partial charge in [-0.1, -0.05) is 29.8 Å². The van der Waals surface area contributed by atoms with Crippen LogP contribution in [0.3, 0.4) is 0 Å². The van der Waals surface area contributed by atoms with Crippen LogP contribution in [0.25, 0.3) is 0 Å². The van der Waals surface area contributed by atoms with Crippen LogP contribution in [0.4, 0.5) is 24.5 Å².